The number of rotatable bonds is 3. The van der Waals surface area contributed by atoms with E-state index >= 15 is 0 Å². The fraction of sp³-hybridized carbons (Fsp3) is 0.684. The van der Waals surface area contributed by atoms with Crippen molar-refractivity contribution in [3.05, 3.63) is 29.3 Å². The molecule has 0 unspecified atom stereocenters. The third kappa shape index (κ3) is 2.10. The Morgan fingerprint density at radius 3 is 2.77 bits per heavy atom. The molecule has 22 heavy (non-hydrogen) atoms. The second-order valence-corrected chi connectivity index (χ2v) is 7.87. The number of aromatic hydroxyl groups is 1. The number of piperidine rings is 1. The lowest BCUT2D eigenvalue weighted by Gasteiger charge is -2.61. The molecule has 1 aromatic carbocycles. The van der Waals surface area contributed by atoms with E-state index in [0.717, 1.165) is 31.5 Å². The Balaban J connectivity index is 2.04. The molecule has 3 atom stereocenters. The number of methoxy groups -OCH3 is 1. The summed E-state index contributed by atoms with van der Waals surface area (Å²) in [5.74, 6) is 0.464. The van der Waals surface area contributed by atoms with Gasteiger partial charge in [-0.05, 0) is 48.9 Å². The maximum absolute atomic E-state index is 10.4. The molecule has 1 fully saturated rings. The molecule has 1 N–H and O–H groups in total. The average Bonchev–Trinajstić information content (AvgIpc) is 2.46. The number of nitrogens with zero attached hydrogens (tertiary/aromatic N) is 1. The Kier molecular flexibility index (Phi) is 3.77. The zero-order valence-corrected chi connectivity index (χ0v) is 14.5. The van der Waals surface area contributed by atoms with Crippen molar-refractivity contribution >= 4 is 0 Å². The van der Waals surface area contributed by atoms with Crippen LogP contribution < -0.4 is 0 Å². The molecule has 3 nitrogen and oxygen atoms in total. The maximum Gasteiger partial charge on any atom is 0.119 e. The second-order valence-electron chi connectivity index (χ2n) is 7.87. The Hall–Kier alpha value is -1.06. The first-order chi connectivity index (χ1) is 10.3. The molecule has 0 aromatic heterocycles. The van der Waals surface area contributed by atoms with E-state index in [1.54, 1.807) is 7.11 Å². The summed E-state index contributed by atoms with van der Waals surface area (Å²) in [5, 5.41) is 10.4. The summed E-state index contributed by atoms with van der Waals surface area (Å²) in [6, 6.07) is 6.50. The van der Waals surface area contributed by atoms with E-state index in [1.165, 1.54) is 5.56 Å². The van der Waals surface area contributed by atoms with Crippen molar-refractivity contribution in [2.75, 3.05) is 20.2 Å². The first-order valence-electron chi connectivity index (χ1n) is 8.39. The lowest BCUT2D eigenvalue weighted by Crippen LogP contribution is -2.64. The minimum Gasteiger partial charge on any atom is -0.508 e. The monoisotopic (exact) mass is 303 g/mol. The molecule has 2 aliphatic rings. The fourth-order valence-electron chi connectivity index (χ4n) is 4.66. The number of benzene rings is 1. The van der Waals surface area contributed by atoms with Gasteiger partial charge in [0.25, 0.3) is 0 Å². The smallest absolute Gasteiger partial charge is 0.119 e. The average molecular weight is 303 g/mol. The van der Waals surface area contributed by atoms with Crippen molar-refractivity contribution in [3.8, 4) is 5.75 Å². The van der Waals surface area contributed by atoms with E-state index < -0.39 is 0 Å². The maximum atomic E-state index is 10.4. The van der Waals surface area contributed by atoms with Gasteiger partial charge in [-0.1, -0.05) is 32.9 Å². The van der Waals surface area contributed by atoms with Gasteiger partial charge in [-0.2, -0.15) is 0 Å². The molecule has 1 heterocycles. The molecule has 0 amide bonds. The van der Waals surface area contributed by atoms with Gasteiger partial charge in [-0.25, -0.2) is 0 Å². The summed E-state index contributed by atoms with van der Waals surface area (Å²) in [7, 11) is 1.78. The Labute approximate surface area is 134 Å². The summed E-state index contributed by atoms with van der Waals surface area (Å²) in [5.41, 5.74) is 2.81. The highest BCUT2D eigenvalue weighted by molar-refractivity contribution is 5.48. The van der Waals surface area contributed by atoms with E-state index in [0.29, 0.717) is 11.8 Å². The van der Waals surface area contributed by atoms with E-state index in [-0.39, 0.29) is 16.9 Å². The largest absolute Gasteiger partial charge is 0.508 e. The third-order valence-corrected chi connectivity index (χ3v) is 6.63. The molecule has 1 aliphatic carbocycles. The number of ether oxygens (including phenoxy) is 1. The normalized spacial score (nSPS) is 31.6. The number of phenolic OH excluding ortho intramolecular Hbond substituents is 1. The Bertz CT molecular complexity index is 569. The molecule has 0 radical (unpaired) electrons. The first kappa shape index (κ1) is 15.8. The van der Waals surface area contributed by atoms with E-state index in [1.807, 2.05) is 12.1 Å². The molecule has 122 valence electrons. The molecule has 3 rings (SSSR count). The summed E-state index contributed by atoms with van der Waals surface area (Å²) >= 11 is 0. The number of hydrogen-bond donors (Lipinski definition) is 1. The van der Waals surface area contributed by atoms with Crippen LogP contribution in [0.25, 0.3) is 0 Å². The molecule has 0 spiro atoms. The zero-order chi connectivity index (χ0) is 16.1. The van der Waals surface area contributed by atoms with Crippen LogP contribution in [-0.4, -0.2) is 42.4 Å². The molecule has 1 aromatic rings. The van der Waals surface area contributed by atoms with E-state index in [2.05, 4.69) is 38.7 Å². The van der Waals surface area contributed by atoms with Gasteiger partial charge in [0.2, 0.25) is 0 Å². The van der Waals surface area contributed by atoms with Gasteiger partial charge in [0.1, 0.15) is 5.75 Å². The van der Waals surface area contributed by atoms with Crippen LogP contribution in [0.5, 0.6) is 5.75 Å². The summed E-state index contributed by atoms with van der Waals surface area (Å²) in [4.78, 5) is 2.57. The van der Waals surface area contributed by atoms with E-state index in [9.17, 15) is 5.11 Å². The van der Waals surface area contributed by atoms with Crippen LogP contribution in [0.2, 0.25) is 0 Å². The van der Waals surface area contributed by atoms with Gasteiger partial charge in [0.05, 0.1) is 6.10 Å². The van der Waals surface area contributed by atoms with Crippen molar-refractivity contribution in [2.24, 2.45) is 5.41 Å². The van der Waals surface area contributed by atoms with Crippen LogP contribution in [0.15, 0.2) is 18.2 Å². The minimum absolute atomic E-state index is 0.122. The number of likely N-dealkylation sites (tertiary alicyclic amines) is 1. The van der Waals surface area contributed by atoms with Gasteiger partial charge in [-0.3, -0.25) is 4.90 Å². The molecule has 2 bridgehead atoms. The fourth-order valence-corrected chi connectivity index (χ4v) is 4.66. The van der Waals surface area contributed by atoms with Gasteiger partial charge < -0.3 is 9.84 Å². The van der Waals surface area contributed by atoms with Crippen LogP contribution in [-0.2, 0) is 16.6 Å². The van der Waals surface area contributed by atoms with Crippen molar-refractivity contribution in [1.29, 1.82) is 0 Å². The van der Waals surface area contributed by atoms with Gasteiger partial charge in [-0.15, -0.1) is 0 Å². The highest BCUT2D eigenvalue weighted by Gasteiger charge is 2.56. The summed E-state index contributed by atoms with van der Waals surface area (Å²) in [6.07, 6.45) is 2.30. The van der Waals surface area contributed by atoms with Crippen LogP contribution in [0.1, 0.15) is 45.2 Å². The molecule has 1 aliphatic heterocycles. The summed E-state index contributed by atoms with van der Waals surface area (Å²) < 4.78 is 5.49. The predicted octanol–water partition coefficient (Wildman–Crippen LogP) is 3.34. The lowest BCUT2D eigenvalue weighted by molar-refractivity contribution is -0.0572. The van der Waals surface area contributed by atoms with Crippen molar-refractivity contribution in [2.45, 2.75) is 58.1 Å². The first-order valence-corrected chi connectivity index (χ1v) is 8.39. The lowest BCUT2D eigenvalue weighted by atomic mass is 9.51. The number of fused-ring (bicyclic) bond motifs is 4. The van der Waals surface area contributed by atoms with Crippen molar-refractivity contribution in [1.82, 2.24) is 4.90 Å². The van der Waals surface area contributed by atoms with E-state index in [4.69, 9.17) is 4.74 Å². The highest BCUT2D eigenvalue weighted by atomic mass is 16.5. The zero-order valence-electron chi connectivity index (χ0n) is 14.5. The van der Waals surface area contributed by atoms with Crippen molar-refractivity contribution in [3.63, 3.8) is 0 Å². The van der Waals surface area contributed by atoms with Gasteiger partial charge >= 0.3 is 0 Å². The van der Waals surface area contributed by atoms with Crippen LogP contribution >= 0.6 is 0 Å². The molecule has 3 heteroatoms. The van der Waals surface area contributed by atoms with Gasteiger partial charge in [0, 0.05) is 25.1 Å². The molecule has 0 saturated carbocycles. The van der Waals surface area contributed by atoms with Gasteiger partial charge in [0.15, 0.2) is 0 Å². The number of hydrogen-bond acceptors (Lipinski definition) is 3. The minimum atomic E-state index is 0.122. The standard InChI is InChI=1S/C19H29NO2/c1-13(22-5)12-20-10-9-19(4)15-7-6-8-16(21)14(15)11-17(20)18(19,2)3/h6-8,13,17,21H,9-12H2,1-5H3/t13-,17-,19+/m0/s1. The topological polar surface area (TPSA) is 32.7 Å². The molecule has 1 saturated heterocycles. The number of phenols is 1. The summed E-state index contributed by atoms with van der Waals surface area (Å²) in [6.45, 7) is 11.4. The second kappa shape index (κ2) is 5.24. The van der Waals surface area contributed by atoms with Crippen LogP contribution in [0.4, 0.5) is 0 Å². The van der Waals surface area contributed by atoms with Crippen LogP contribution in [0.3, 0.4) is 0 Å². The van der Waals surface area contributed by atoms with Crippen molar-refractivity contribution < 1.29 is 9.84 Å². The molecular weight excluding hydrogens is 274 g/mol. The molecular formula is C19H29NO2. The highest BCUT2D eigenvalue weighted by Crippen LogP contribution is 2.57. The Morgan fingerprint density at radius 1 is 1.36 bits per heavy atom. The quantitative estimate of drug-likeness (QED) is 0.929. The third-order valence-electron chi connectivity index (χ3n) is 6.63. The van der Waals surface area contributed by atoms with Crippen LogP contribution in [0, 0.1) is 5.41 Å². The predicted molar refractivity (Wildman–Crippen MR) is 89.4 cm³/mol. The SMILES string of the molecule is CO[C@@H](C)CN1CC[C@]2(C)c3cccc(O)c3C[C@H]1C2(C)C. The Morgan fingerprint density at radius 2 is 2.09 bits per heavy atom.